The molecule has 6 nitrogen and oxygen atoms in total. The number of methoxy groups -OCH3 is 1. The highest BCUT2D eigenvalue weighted by atomic mass is 16.5. The number of aryl methyl sites for hydroxylation is 8. The van der Waals surface area contributed by atoms with Crippen molar-refractivity contribution < 1.29 is 19.4 Å². The minimum Gasteiger partial charge on any atom is -0.478 e. The van der Waals surface area contributed by atoms with Gasteiger partial charge in [-0.1, -0.05) is 0 Å². The van der Waals surface area contributed by atoms with Crippen molar-refractivity contribution in [3.8, 4) is 11.4 Å². The lowest BCUT2D eigenvalue weighted by Gasteiger charge is -2.16. The number of esters is 1. The van der Waals surface area contributed by atoms with E-state index in [9.17, 15) is 9.59 Å². The quantitative estimate of drug-likeness (QED) is 0.309. The smallest absolute Gasteiger partial charge is 0.337 e. The van der Waals surface area contributed by atoms with Crippen LogP contribution in [-0.4, -0.2) is 33.3 Å². The van der Waals surface area contributed by atoms with E-state index in [1.165, 1.54) is 18.5 Å². The summed E-state index contributed by atoms with van der Waals surface area (Å²) in [4.78, 5) is 22.7. The standard InChI is InChI=1S/C16H19NO2.C15H17NO2/c1-10-8-14(16(18)19-5)9-11(2)15(10)17-12(3)6-7-13(17)4;1-9-7-13(15(17)18)8-10(2)14(9)16-11(3)5-6-12(16)4/h6-9H,1-5H3;5-8H,1-4H3,(H,17,18). The van der Waals surface area contributed by atoms with E-state index in [-0.39, 0.29) is 5.97 Å². The maximum atomic E-state index is 11.6. The number of aromatic carboxylic acids is 1. The molecule has 2 aromatic carbocycles. The van der Waals surface area contributed by atoms with Gasteiger partial charge >= 0.3 is 11.9 Å². The molecule has 1 N–H and O–H groups in total. The first-order valence-electron chi connectivity index (χ1n) is 12.2. The Hall–Kier alpha value is -4.06. The largest absolute Gasteiger partial charge is 0.478 e. The summed E-state index contributed by atoms with van der Waals surface area (Å²) in [6.07, 6.45) is 0. The molecule has 6 heteroatoms. The first-order chi connectivity index (χ1) is 17.4. The predicted octanol–water partition coefficient (Wildman–Crippen LogP) is 6.91. The van der Waals surface area contributed by atoms with Crippen LogP contribution < -0.4 is 0 Å². The summed E-state index contributed by atoms with van der Waals surface area (Å²) in [5.74, 6) is -1.17. The lowest BCUT2D eigenvalue weighted by molar-refractivity contribution is 0.0599. The SMILES string of the molecule is COC(=O)c1cc(C)c(-n2c(C)ccc2C)c(C)c1.Cc1cc(C(=O)O)cc(C)c1-n1c(C)ccc1C. The second-order valence-electron chi connectivity index (χ2n) is 9.62. The van der Waals surface area contributed by atoms with Crippen LogP contribution in [0.25, 0.3) is 11.4 Å². The molecule has 4 aromatic rings. The molecule has 0 unspecified atom stereocenters. The number of hydrogen-bond acceptors (Lipinski definition) is 3. The molecule has 0 aliphatic rings. The minimum absolute atomic E-state index is 0.293. The van der Waals surface area contributed by atoms with Crippen molar-refractivity contribution in [1.82, 2.24) is 9.13 Å². The summed E-state index contributed by atoms with van der Waals surface area (Å²) < 4.78 is 9.16. The Balaban J connectivity index is 0.000000206. The van der Waals surface area contributed by atoms with Crippen molar-refractivity contribution in [2.75, 3.05) is 7.11 Å². The van der Waals surface area contributed by atoms with Crippen LogP contribution in [0, 0.1) is 55.4 Å². The second kappa shape index (κ2) is 10.9. The molecule has 0 aliphatic heterocycles. The molecule has 2 aromatic heterocycles. The molecule has 37 heavy (non-hydrogen) atoms. The third kappa shape index (κ3) is 5.53. The summed E-state index contributed by atoms with van der Waals surface area (Å²) >= 11 is 0. The fourth-order valence-corrected chi connectivity index (χ4v) is 5.02. The van der Waals surface area contributed by atoms with Crippen LogP contribution in [0.15, 0.2) is 48.5 Å². The number of carboxylic acid groups (broad SMARTS) is 1. The van der Waals surface area contributed by atoms with E-state index in [0.29, 0.717) is 11.1 Å². The average molecular weight is 501 g/mol. The van der Waals surface area contributed by atoms with Gasteiger partial charge in [0.15, 0.2) is 0 Å². The van der Waals surface area contributed by atoms with Crippen LogP contribution in [0.2, 0.25) is 0 Å². The lowest BCUT2D eigenvalue weighted by atomic mass is 10.0. The fourth-order valence-electron chi connectivity index (χ4n) is 5.02. The Labute approximate surface area is 219 Å². The van der Waals surface area contributed by atoms with E-state index in [1.54, 1.807) is 12.1 Å². The number of carbonyl (C=O) groups is 2. The predicted molar refractivity (Wildman–Crippen MR) is 148 cm³/mol. The number of carboxylic acids is 1. The van der Waals surface area contributed by atoms with Gasteiger partial charge in [-0.05, 0) is 126 Å². The number of carbonyl (C=O) groups excluding carboxylic acids is 1. The van der Waals surface area contributed by atoms with Crippen molar-refractivity contribution in [3.05, 3.63) is 105 Å². The van der Waals surface area contributed by atoms with E-state index in [2.05, 4.69) is 61.1 Å². The van der Waals surface area contributed by atoms with E-state index < -0.39 is 5.97 Å². The summed E-state index contributed by atoms with van der Waals surface area (Å²) in [5.41, 5.74) is 12.0. The van der Waals surface area contributed by atoms with E-state index >= 15 is 0 Å². The van der Waals surface area contributed by atoms with Gasteiger partial charge < -0.3 is 19.0 Å². The normalized spacial score (nSPS) is 10.6. The molecular formula is C31H36N2O4. The molecule has 0 atom stereocenters. The minimum atomic E-state index is -0.881. The van der Waals surface area contributed by atoms with Crippen LogP contribution in [-0.2, 0) is 4.74 Å². The molecule has 2 heterocycles. The van der Waals surface area contributed by atoms with Gasteiger partial charge in [0, 0.05) is 22.8 Å². The van der Waals surface area contributed by atoms with Crippen molar-refractivity contribution in [2.45, 2.75) is 55.4 Å². The molecule has 0 bridgehead atoms. The maximum Gasteiger partial charge on any atom is 0.337 e. The first-order valence-corrected chi connectivity index (χ1v) is 12.2. The molecule has 194 valence electrons. The number of aromatic nitrogens is 2. The van der Waals surface area contributed by atoms with Crippen LogP contribution in [0.3, 0.4) is 0 Å². The number of hydrogen-bond donors (Lipinski definition) is 1. The molecule has 4 rings (SSSR count). The summed E-state index contributed by atoms with van der Waals surface area (Å²) in [6.45, 7) is 16.2. The Kier molecular flexibility index (Phi) is 8.12. The molecule has 0 fully saturated rings. The Bertz CT molecular complexity index is 1400. The molecule has 0 aliphatic carbocycles. The van der Waals surface area contributed by atoms with Crippen LogP contribution in [0.1, 0.15) is 65.7 Å². The Morgan fingerprint density at radius 3 is 1.16 bits per heavy atom. The van der Waals surface area contributed by atoms with Gasteiger partial charge in [0.25, 0.3) is 0 Å². The molecular weight excluding hydrogens is 464 g/mol. The lowest BCUT2D eigenvalue weighted by Crippen LogP contribution is -2.08. The second-order valence-corrected chi connectivity index (χ2v) is 9.62. The van der Waals surface area contributed by atoms with Gasteiger partial charge in [-0.2, -0.15) is 0 Å². The molecule has 0 saturated carbocycles. The number of ether oxygens (including phenoxy) is 1. The Morgan fingerprint density at radius 1 is 0.595 bits per heavy atom. The van der Waals surface area contributed by atoms with Crippen molar-refractivity contribution in [3.63, 3.8) is 0 Å². The third-order valence-corrected chi connectivity index (χ3v) is 6.64. The monoisotopic (exact) mass is 500 g/mol. The average Bonchev–Trinajstić information content (AvgIpc) is 3.33. The zero-order valence-electron chi connectivity index (χ0n) is 23.2. The fraction of sp³-hybridized carbons (Fsp3) is 0.290. The molecule has 0 saturated heterocycles. The molecule has 0 radical (unpaired) electrons. The number of rotatable bonds is 4. The number of nitrogens with zero attached hydrogens (tertiary/aromatic N) is 2. The van der Waals surface area contributed by atoms with Gasteiger partial charge in [-0.3, -0.25) is 0 Å². The van der Waals surface area contributed by atoms with Gasteiger partial charge in [-0.15, -0.1) is 0 Å². The van der Waals surface area contributed by atoms with Gasteiger partial charge in [0.1, 0.15) is 0 Å². The molecule has 0 amide bonds. The van der Waals surface area contributed by atoms with Crippen LogP contribution in [0.4, 0.5) is 0 Å². The van der Waals surface area contributed by atoms with Crippen molar-refractivity contribution >= 4 is 11.9 Å². The zero-order chi connectivity index (χ0) is 27.6. The summed E-state index contributed by atoms with van der Waals surface area (Å²) in [6, 6.07) is 15.6. The summed E-state index contributed by atoms with van der Waals surface area (Å²) in [7, 11) is 1.40. The highest BCUT2D eigenvalue weighted by Gasteiger charge is 2.15. The highest BCUT2D eigenvalue weighted by Crippen LogP contribution is 2.26. The van der Waals surface area contributed by atoms with Crippen molar-refractivity contribution in [2.24, 2.45) is 0 Å². The highest BCUT2D eigenvalue weighted by molar-refractivity contribution is 5.90. The Morgan fingerprint density at radius 2 is 0.892 bits per heavy atom. The maximum absolute atomic E-state index is 11.6. The van der Waals surface area contributed by atoms with Gasteiger partial charge in [0.2, 0.25) is 0 Å². The third-order valence-electron chi connectivity index (χ3n) is 6.64. The molecule has 0 spiro atoms. The topological polar surface area (TPSA) is 73.5 Å². The van der Waals surface area contributed by atoms with Crippen molar-refractivity contribution in [1.29, 1.82) is 0 Å². The van der Waals surface area contributed by atoms with Crippen LogP contribution >= 0.6 is 0 Å². The van der Waals surface area contributed by atoms with E-state index in [4.69, 9.17) is 9.84 Å². The summed E-state index contributed by atoms with van der Waals surface area (Å²) in [5, 5.41) is 9.06. The van der Waals surface area contributed by atoms with Gasteiger partial charge in [-0.25, -0.2) is 9.59 Å². The zero-order valence-corrected chi connectivity index (χ0v) is 23.2. The van der Waals surface area contributed by atoms with Gasteiger partial charge in [0.05, 0.1) is 29.6 Å². The first kappa shape index (κ1) is 27.5. The van der Waals surface area contributed by atoms with Crippen LogP contribution in [0.5, 0.6) is 0 Å². The van der Waals surface area contributed by atoms with E-state index in [1.807, 2.05) is 39.8 Å². The number of benzene rings is 2. The van der Waals surface area contributed by atoms with E-state index in [0.717, 1.165) is 45.0 Å².